The van der Waals surface area contributed by atoms with E-state index in [1.54, 1.807) is 0 Å². The van der Waals surface area contributed by atoms with Crippen molar-refractivity contribution < 1.29 is 0 Å². The molecule has 0 radical (unpaired) electrons. The lowest BCUT2D eigenvalue weighted by Crippen LogP contribution is -2.50. The number of aromatic nitrogens is 1. The molecule has 0 bridgehead atoms. The van der Waals surface area contributed by atoms with Gasteiger partial charge in [-0.25, -0.2) is 0 Å². The van der Waals surface area contributed by atoms with Crippen LogP contribution in [0.4, 0.5) is 5.69 Å². The summed E-state index contributed by atoms with van der Waals surface area (Å²) in [7, 11) is 4.14. The molecule has 1 unspecified atom stereocenters. The number of pyridine rings is 1. The van der Waals surface area contributed by atoms with Gasteiger partial charge in [0, 0.05) is 44.1 Å². The number of hydrogen-bond donors (Lipinski definition) is 1. The number of anilines is 1. The van der Waals surface area contributed by atoms with Crippen molar-refractivity contribution in [1.82, 2.24) is 15.2 Å². The summed E-state index contributed by atoms with van der Waals surface area (Å²) in [5.74, 6) is 0. The predicted octanol–water partition coefficient (Wildman–Crippen LogP) is 0.941. The molecule has 94 valence electrons. The van der Waals surface area contributed by atoms with Crippen LogP contribution in [0.1, 0.15) is 12.6 Å². The molecule has 0 amide bonds. The lowest BCUT2D eigenvalue weighted by Gasteiger charge is -2.39. The quantitative estimate of drug-likeness (QED) is 0.843. The second-order valence-corrected chi connectivity index (χ2v) is 4.84. The Labute approximate surface area is 104 Å². The highest BCUT2D eigenvalue weighted by Gasteiger charge is 2.21. The molecular formula is C13H22N4. The van der Waals surface area contributed by atoms with E-state index in [0.717, 1.165) is 31.9 Å². The van der Waals surface area contributed by atoms with Crippen molar-refractivity contribution in [2.45, 2.75) is 19.5 Å². The van der Waals surface area contributed by atoms with E-state index in [0.29, 0.717) is 6.04 Å². The molecule has 17 heavy (non-hydrogen) atoms. The van der Waals surface area contributed by atoms with Gasteiger partial charge < -0.3 is 15.1 Å². The number of nitrogens with one attached hydrogen (secondary N) is 1. The van der Waals surface area contributed by atoms with Gasteiger partial charge in [-0.2, -0.15) is 0 Å². The molecule has 4 heteroatoms. The van der Waals surface area contributed by atoms with Crippen molar-refractivity contribution in [2.75, 3.05) is 38.6 Å². The van der Waals surface area contributed by atoms with Crippen molar-refractivity contribution in [3.63, 3.8) is 0 Å². The summed E-state index contributed by atoms with van der Waals surface area (Å²) in [5, 5.41) is 3.14. The van der Waals surface area contributed by atoms with Gasteiger partial charge in [0.1, 0.15) is 0 Å². The van der Waals surface area contributed by atoms with Gasteiger partial charge in [0.25, 0.3) is 0 Å². The standard InChI is InChI=1S/C13H22N4/c1-11-10-16(3)6-7-17(11)13-4-5-15-12(8-13)9-14-2/h4-5,8,11,14H,6-7,9-10H2,1-3H3. The molecular weight excluding hydrogens is 212 g/mol. The maximum atomic E-state index is 4.36. The van der Waals surface area contributed by atoms with Gasteiger partial charge in [-0.1, -0.05) is 0 Å². The van der Waals surface area contributed by atoms with Crippen LogP contribution in [-0.2, 0) is 6.54 Å². The fourth-order valence-electron chi connectivity index (χ4n) is 2.45. The Hall–Kier alpha value is -1.13. The number of piperazine rings is 1. The highest BCUT2D eigenvalue weighted by atomic mass is 15.3. The SMILES string of the molecule is CNCc1cc(N2CCN(C)CC2C)ccn1. The van der Waals surface area contributed by atoms with Gasteiger partial charge in [-0.3, -0.25) is 4.98 Å². The maximum Gasteiger partial charge on any atom is 0.0562 e. The van der Waals surface area contributed by atoms with E-state index < -0.39 is 0 Å². The Balaban J connectivity index is 2.13. The van der Waals surface area contributed by atoms with Crippen molar-refractivity contribution in [2.24, 2.45) is 0 Å². The number of likely N-dealkylation sites (N-methyl/N-ethyl adjacent to an activating group) is 1. The fourth-order valence-corrected chi connectivity index (χ4v) is 2.45. The van der Waals surface area contributed by atoms with E-state index in [9.17, 15) is 0 Å². The van der Waals surface area contributed by atoms with E-state index in [4.69, 9.17) is 0 Å². The Kier molecular flexibility index (Phi) is 3.97. The van der Waals surface area contributed by atoms with Crippen LogP contribution < -0.4 is 10.2 Å². The van der Waals surface area contributed by atoms with E-state index in [1.165, 1.54) is 5.69 Å². The molecule has 1 fully saturated rings. The Morgan fingerprint density at radius 1 is 1.47 bits per heavy atom. The molecule has 1 aromatic heterocycles. The first-order chi connectivity index (χ1) is 8.20. The molecule has 1 atom stereocenters. The summed E-state index contributed by atoms with van der Waals surface area (Å²) < 4.78 is 0. The number of nitrogens with zero attached hydrogens (tertiary/aromatic N) is 3. The third-order valence-corrected chi connectivity index (χ3v) is 3.32. The summed E-state index contributed by atoms with van der Waals surface area (Å²) in [6, 6.07) is 4.87. The molecule has 1 aromatic rings. The highest BCUT2D eigenvalue weighted by molar-refractivity contribution is 5.48. The summed E-state index contributed by atoms with van der Waals surface area (Å²) in [6.07, 6.45) is 1.91. The first-order valence-corrected chi connectivity index (χ1v) is 6.25. The van der Waals surface area contributed by atoms with Gasteiger partial charge in [-0.15, -0.1) is 0 Å². The van der Waals surface area contributed by atoms with E-state index in [1.807, 2.05) is 13.2 Å². The minimum absolute atomic E-state index is 0.568. The van der Waals surface area contributed by atoms with Gasteiger partial charge in [0.2, 0.25) is 0 Å². The zero-order valence-electron chi connectivity index (χ0n) is 11.0. The molecule has 4 nitrogen and oxygen atoms in total. The van der Waals surface area contributed by atoms with Crippen LogP contribution in [0.3, 0.4) is 0 Å². The van der Waals surface area contributed by atoms with Crippen LogP contribution in [0.5, 0.6) is 0 Å². The zero-order valence-corrected chi connectivity index (χ0v) is 11.0. The van der Waals surface area contributed by atoms with Crippen molar-refractivity contribution >= 4 is 5.69 Å². The van der Waals surface area contributed by atoms with Crippen LogP contribution in [0.25, 0.3) is 0 Å². The van der Waals surface area contributed by atoms with Crippen molar-refractivity contribution in [3.8, 4) is 0 Å². The largest absolute Gasteiger partial charge is 0.366 e. The molecule has 2 rings (SSSR count). The van der Waals surface area contributed by atoms with E-state index >= 15 is 0 Å². The summed E-state index contributed by atoms with van der Waals surface area (Å²) in [6.45, 7) is 6.47. The molecule has 2 heterocycles. The van der Waals surface area contributed by atoms with E-state index in [2.05, 4.69) is 46.2 Å². The molecule has 1 aliphatic heterocycles. The summed E-state index contributed by atoms with van der Waals surface area (Å²) >= 11 is 0. The van der Waals surface area contributed by atoms with Crippen LogP contribution in [0.15, 0.2) is 18.3 Å². The van der Waals surface area contributed by atoms with Crippen molar-refractivity contribution in [3.05, 3.63) is 24.0 Å². The first-order valence-electron chi connectivity index (χ1n) is 6.25. The molecule has 1 saturated heterocycles. The second kappa shape index (κ2) is 5.47. The second-order valence-electron chi connectivity index (χ2n) is 4.84. The Morgan fingerprint density at radius 2 is 2.29 bits per heavy atom. The minimum atomic E-state index is 0.568. The molecule has 1 aliphatic rings. The van der Waals surface area contributed by atoms with Crippen LogP contribution in [0.2, 0.25) is 0 Å². The third kappa shape index (κ3) is 2.96. The maximum absolute atomic E-state index is 4.36. The van der Waals surface area contributed by atoms with Gasteiger partial charge >= 0.3 is 0 Å². The topological polar surface area (TPSA) is 31.4 Å². The molecule has 0 spiro atoms. The normalized spacial score (nSPS) is 21.8. The minimum Gasteiger partial charge on any atom is -0.366 e. The van der Waals surface area contributed by atoms with Gasteiger partial charge in [0.05, 0.1) is 5.69 Å². The highest BCUT2D eigenvalue weighted by Crippen LogP contribution is 2.20. The van der Waals surface area contributed by atoms with Gasteiger partial charge in [-0.05, 0) is 33.2 Å². The zero-order chi connectivity index (χ0) is 12.3. The smallest absolute Gasteiger partial charge is 0.0562 e. The predicted molar refractivity (Wildman–Crippen MR) is 71.3 cm³/mol. The van der Waals surface area contributed by atoms with Crippen LogP contribution in [-0.4, -0.2) is 49.7 Å². The molecule has 0 aliphatic carbocycles. The average Bonchev–Trinajstić information content (AvgIpc) is 2.29. The average molecular weight is 234 g/mol. The third-order valence-electron chi connectivity index (χ3n) is 3.32. The van der Waals surface area contributed by atoms with E-state index in [-0.39, 0.29) is 0 Å². The summed E-state index contributed by atoms with van der Waals surface area (Å²) in [4.78, 5) is 9.22. The fraction of sp³-hybridized carbons (Fsp3) is 0.615. The van der Waals surface area contributed by atoms with Crippen LogP contribution in [0, 0.1) is 0 Å². The Morgan fingerprint density at radius 3 is 3.00 bits per heavy atom. The lowest BCUT2D eigenvalue weighted by atomic mass is 10.1. The molecule has 0 aromatic carbocycles. The number of rotatable bonds is 3. The molecule has 0 saturated carbocycles. The first kappa shape index (κ1) is 12.3. The summed E-state index contributed by atoms with van der Waals surface area (Å²) in [5.41, 5.74) is 2.40. The molecule has 1 N–H and O–H groups in total. The lowest BCUT2D eigenvalue weighted by molar-refractivity contribution is 0.275. The van der Waals surface area contributed by atoms with Crippen molar-refractivity contribution in [1.29, 1.82) is 0 Å². The number of hydrogen-bond acceptors (Lipinski definition) is 4. The van der Waals surface area contributed by atoms with Crippen LogP contribution >= 0.6 is 0 Å². The van der Waals surface area contributed by atoms with Gasteiger partial charge in [0.15, 0.2) is 0 Å². The Bertz CT molecular complexity index is 366. The monoisotopic (exact) mass is 234 g/mol.